The van der Waals surface area contributed by atoms with Crippen LogP contribution in [-0.4, -0.2) is 30.5 Å². The van der Waals surface area contributed by atoms with Crippen LogP contribution in [-0.2, 0) is 6.42 Å². The van der Waals surface area contributed by atoms with Gasteiger partial charge in [-0.1, -0.05) is 23.7 Å². The molecule has 2 N–H and O–H groups in total. The van der Waals surface area contributed by atoms with E-state index in [1.165, 1.54) is 6.26 Å². The van der Waals surface area contributed by atoms with E-state index in [-0.39, 0.29) is 5.91 Å². The Balaban J connectivity index is 1.51. The quantitative estimate of drug-likeness (QED) is 0.883. The summed E-state index contributed by atoms with van der Waals surface area (Å²) in [5.74, 6) is 0.784. The van der Waals surface area contributed by atoms with E-state index < -0.39 is 0 Å². The van der Waals surface area contributed by atoms with Crippen molar-refractivity contribution in [1.82, 2.24) is 15.6 Å². The molecule has 0 radical (unpaired) electrons. The number of nitrogens with zero attached hydrogens (tertiary/aromatic N) is 1. The minimum absolute atomic E-state index is 0.198. The zero-order valence-corrected chi connectivity index (χ0v) is 13.6. The van der Waals surface area contributed by atoms with E-state index in [2.05, 4.69) is 15.6 Å². The average molecular weight is 334 g/mol. The van der Waals surface area contributed by atoms with E-state index >= 15 is 0 Å². The lowest BCUT2D eigenvalue weighted by molar-refractivity contribution is 0.0949. The highest BCUT2D eigenvalue weighted by molar-refractivity contribution is 6.30. The summed E-state index contributed by atoms with van der Waals surface area (Å²) in [6.07, 6.45) is 4.17. The molecule has 0 unspecified atom stereocenters. The summed E-state index contributed by atoms with van der Waals surface area (Å²) in [7, 11) is 0. The number of aromatic nitrogens is 1. The normalized spacial score (nSPS) is 15.5. The molecule has 2 aromatic rings. The Labute approximate surface area is 140 Å². The first-order valence-electron chi connectivity index (χ1n) is 7.91. The van der Waals surface area contributed by atoms with Crippen molar-refractivity contribution in [1.29, 1.82) is 0 Å². The number of carbonyl (C=O) groups excluding carboxylic acids is 1. The van der Waals surface area contributed by atoms with E-state index in [0.717, 1.165) is 37.9 Å². The van der Waals surface area contributed by atoms with Crippen LogP contribution in [0.2, 0.25) is 5.02 Å². The average Bonchev–Trinajstić information content (AvgIpc) is 3.06. The molecule has 1 aromatic heterocycles. The maximum atomic E-state index is 12.1. The number of hydrogen-bond acceptors (Lipinski definition) is 4. The fourth-order valence-electron chi connectivity index (χ4n) is 2.75. The SMILES string of the molecule is O=C(NCCc1cccc(Cl)c1)c1coc(C2CCNCC2)n1. The number of benzene rings is 1. The van der Waals surface area contributed by atoms with E-state index in [4.69, 9.17) is 16.0 Å². The Morgan fingerprint density at radius 1 is 1.39 bits per heavy atom. The van der Waals surface area contributed by atoms with E-state index in [1.807, 2.05) is 24.3 Å². The lowest BCUT2D eigenvalue weighted by atomic mass is 9.98. The van der Waals surface area contributed by atoms with Crippen molar-refractivity contribution in [2.75, 3.05) is 19.6 Å². The molecule has 6 heteroatoms. The third kappa shape index (κ3) is 4.33. The molecule has 1 aromatic carbocycles. The van der Waals surface area contributed by atoms with Crippen LogP contribution >= 0.6 is 11.6 Å². The molecule has 122 valence electrons. The molecule has 1 aliphatic rings. The van der Waals surface area contributed by atoms with Crippen LogP contribution in [0.1, 0.15) is 40.7 Å². The largest absolute Gasteiger partial charge is 0.448 e. The molecule has 5 nitrogen and oxygen atoms in total. The summed E-state index contributed by atoms with van der Waals surface area (Å²) in [5.41, 5.74) is 1.44. The molecule has 0 saturated carbocycles. The standard InChI is InChI=1S/C17H20ClN3O2/c18-14-3-1-2-12(10-14)4-9-20-16(22)15-11-23-17(21-15)13-5-7-19-8-6-13/h1-3,10-11,13,19H,4-9H2,(H,20,22). The first-order chi connectivity index (χ1) is 11.2. The van der Waals surface area contributed by atoms with Crippen molar-refractivity contribution in [2.45, 2.75) is 25.2 Å². The monoisotopic (exact) mass is 333 g/mol. The van der Waals surface area contributed by atoms with Crippen molar-refractivity contribution < 1.29 is 9.21 Å². The molecule has 0 bridgehead atoms. The molecule has 1 fully saturated rings. The van der Waals surface area contributed by atoms with Gasteiger partial charge in [0.2, 0.25) is 0 Å². The van der Waals surface area contributed by atoms with Gasteiger partial charge in [0, 0.05) is 17.5 Å². The van der Waals surface area contributed by atoms with Crippen LogP contribution in [0.5, 0.6) is 0 Å². The van der Waals surface area contributed by atoms with E-state index in [9.17, 15) is 4.79 Å². The summed E-state index contributed by atoms with van der Waals surface area (Å²) in [6, 6.07) is 7.63. The Kier molecular flexibility index (Phi) is 5.31. The lowest BCUT2D eigenvalue weighted by Gasteiger charge is -2.19. The van der Waals surface area contributed by atoms with Crippen LogP contribution < -0.4 is 10.6 Å². The van der Waals surface area contributed by atoms with Crippen LogP contribution in [0, 0.1) is 0 Å². The minimum Gasteiger partial charge on any atom is -0.448 e. The van der Waals surface area contributed by atoms with Crippen LogP contribution in [0.25, 0.3) is 0 Å². The molecule has 23 heavy (non-hydrogen) atoms. The molecular formula is C17H20ClN3O2. The van der Waals surface area contributed by atoms with E-state index in [0.29, 0.717) is 29.1 Å². The van der Waals surface area contributed by atoms with E-state index in [1.54, 1.807) is 0 Å². The molecule has 0 atom stereocenters. The maximum Gasteiger partial charge on any atom is 0.273 e. The van der Waals surface area contributed by atoms with Crippen molar-refractivity contribution in [3.63, 3.8) is 0 Å². The number of amides is 1. The molecule has 2 heterocycles. The Morgan fingerprint density at radius 2 is 2.22 bits per heavy atom. The van der Waals surface area contributed by atoms with Gasteiger partial charge in [0.25, 0.3) is 5.91 Å². The van der Waals surface area contributed by atoms with Gasteiger partial charge >= 0.3 is 0 Å². The number of piperidine rings is 1. The number of rotatable bonds is 5. The van der Waals surface area contributed by atoms with Gasteiger partial charge in [-0.15, -0.1) is 0 Å². The van der Waals surface area contributed by atoms with Crippen molar-refractivity contribution in [3.05, 3.63) is 52.7 Å². The zero-order chi connectivity index (χ0) is 16.1. The van der Waals surface area contributed by atoms with Gasteiger partial charge in [-0.05, 0) is 50.0 Å². The van der Waals surface area contributed by atoms with Gasteiger partial charge in [-0.3, -0.25) is 4.79 Å². The van der Waals surface area contributed by atoms with Gasteiger partial charge < -0.3 is 15.1 Å². The smallest absolute Gasteiger partial charge is 0.273 e. The van der Waals surface area contributed by atoms with Gasteiger partial charge in [0.05, 0.1) is 0 Å². The van der Waals surface area contributed by atoms with Gasteiger partial charge in [0.1, 0.15) is 6.26 Å². The highest BCUT2D eigenvalue weighted by Gasteiger charge is 2.21. The fraction of sp³-hybridized carbons (Fsp3) is 0.412. The summed E-state index contributed by atoms with van der Waals surface area (Å²) in [6.45, 7) is 2.47. The fourth-order valence-corrected chi connectivity index (χ4v) is 2.96. The van der Waals surface area contributed by atoms with Crippen molar-refractivity contribution in [3.8, 4) is 0 Å². The summed E-state index contributed by atoms with van der Waals surface area (Å²) >= 11 is 5.94. The second-order valence-electron chi connectivity index (χ2n) is 5.73. The second kappa shape index (κ2) is 7.62. The van der Waals surface area contributed by atoms with Crippen molar-refractivity contribution >= 4 is 17.5 Å². The molecule has 1 amide bonds. The topological polar surface area (TPSA) is 67.2 Å². The molecule has 1 saturated heterocycles. The van der Waals surface area contributed by atoms with Gasteiger partial charge in [-0.2, -0.15) is 0 Å². The number of hydrogen-bond donors (Lipinski definition) is 2. The third-order valence-electron chi connectivity index (χ3n) is 4.03. The van der Waals surface area contributed by atoms with Gasteiger partial charge in [-0.25, -0.2) is 4.98 Å². The molecule has 3 rings (SSSR count). The third-order valence-corrected chi connectivity index (χ3v) is 4.27. The molecule has 1 aliphatic heterocycles. The Morgan fingerprint density at radius 3 is 3.00 bits per heavy atom. The number of halogens is 1. The summed E-state index contributed by atoms with van der Waals surface area (Å²) in [5, 5.41) is 6.88. The lowest BCUT2D eigenvalue weighted by Crippen LogP contribution is -2.27. The Hall–Kier alpha value is -1.85. The molecule has 0 aliphatic carbocycles. The summed E-state index contributed by atoms with van der Waals surface area (Å²) < 4.78 is 5.49. The predicted molar refractivity (Wildman–Crippen MR) is 88.8 cm³/mol. The number of carbonyl (C=O) groups is 1. The van der Waals surface area contributed by atoms with Crippen LogP contribution in [0.4, 0.5) is 0 Å². The Bertz CT molecular complexity index is 665. The van der Waals surface area contributed by atoms with Crippen LogP contribution in [0.15, 0.2) is 34.9 Å². The first kappa shape index (κ1) is 16.0. The molecule has 0 spiro atoms. The van der Waals surface area contributed by atoms with Crippen LogP contribution in [0.3, 0.4) is 0 Å². The number of nitrogens with one attached hydrogen (secondary N) is 2. The highest BCUT2D eigenvalue weighted by Crippen LogP contribution is 2.24. The van der Waals surface area contributed by atoms with Gasteiger partial charge in [0.15, 0.2) is 11.6 Å². The van der Waals surface area contributed by atoms with Crippen molar-refractivity contribution in [2.24, 2.45) is 0 Å². The predicted octanol–water partition coefficient (Wildman–Crippen LogP) is 2.77. The zero-order valence-electron chi connectivity index (χ0n) is 12.8. The second-order valence-corrected chi connectivity index (χ2v) is 6.17. The number of oxazole rings is 1. The first-order valence-corrected chi connectivity index (χ1v) is 8.29. The summed E-state index contributed by atoms with van der Waals surface area (Å²) in [4.78, 5) is 16.5. The highest BCUT2D eigenvalue weighted by atomic mass is 35.5. The molecular weight excluding hydrogens is 314 g/mol. The minimum atomic E-state index is -0.198. The maximum absolute atomic E-state index is 12.1.